The first-order valence-electron chi connectivity index (χ1n) is 18.5. The second-order valence-electron chi connectivity index (χ2n) is 14.0. The maximum atomic E-state index is 6.68. The minimum absolute atomic E-state index is 0.604. The summed E-state index contributed by atoms with van der Waals surface area (Å²) in [5.74, 6) is 1.85. The summed E-state index contributed by atoms with van der Waals surface area (Å²) in [6.07, 6.45) is 0. The van der Waals surface area contributed by atoms with Crippen LogP contribution < -0.4 is 0 Å². The van der Waals surface area contributed by atoms with E-state index in [4.69, 9.17) is 19.4 Å². The molecule has 2 heterocycles. The van der Waals surface area contributed by atoms with Crippen molar-refractivity contribution in [1.29, 1.82) is 0 Å². The summed E-state index contributed by atoms with van der Waals surface area (Å²) in [6, 6.07) is 65.8. The zero-order chi connectivity index (χ0) is 36.3. The zero-order valence-corrected chi connectivity index (χ0v) is 29.6. The molecule has 0 spiro atoms. The average molecular weight is 702 g/mol. The number of nitrogens with zero attached hydrogens (tertiary/aromatic N) is 3. The molecular formula is C51H31N3O. The summed E-state index contributed by atoms with van der Waals surface area (Å²) in [6.45, 7) is 0. The van der Waals surface area contributed by atoms with Crippen LogP contribution in [0.4, 0.5) is 0 Å². The summed E-state index contributed by atoms with van der Waals surface area (Å²) in [4.78, 5) is 15.4. The van der Waals surface area contributed by atoms with Crippen LogP contribution >= 0.6 is 0 Å². The zero-order valence-electron chi connectivity index (χ0n) is 29.6. The molecule has 0 atom stereocenters. The topological polar surface area (TPSA) is 51.8 Å². The van der Waals surface area contributed by atoms with Gasteiger partial charge in [0, 0.05) is 33.0 Å². The Bertz CT molecular complexity index is 3260. The fourth-order valence-electron chi connectivity index (χ4n) is 7.88. The number of hydrogen-bond donors (Lipinski definition) is 0. The van der Waals surface area contributed by atoms with Crippen LogP contribution in [-0.2, 0) is 0 Å². The molecule has 0 bridgehead atoms. The van der Waals surface area contributed by atoms with Gasteiger partial charge in [0.2, 0.25) is 0 Å². The highest BCUT2D eigenvalue weighted by Gasteiger charge is 2.19. The summed E-state index contributed by atoms with van der Waals surface area (Å²) >= 11 is 0. The van der Waals surface area contributed by atoms with Crippen molar-refractivity contribution in [3.05, 3.63) is 188 Å². The molecule has 11 aromatic rings. The number of benzene rings is 9. The molecule has 0 aliphatic carbocycles. The van der Waals surface area contributed by atoms with E-state index in [0.29, 0.717) is 17.5 Å². The number of fused-ring (bicyclic) bond motifs is 6. The lowest BCUT2D eigenvalue weighted by atomic mass is 9.95. The minimum atomic E-state index is 0.604. The highest BCUT2D eigenvalue weighted by molar-refractivity contribution is 6.18. The third-order valence-corrected chi connectivity index (χ3v) is 10.7. The Balaban J connectivity index is 1.07. The second kappa shape index (κ2) is 12.6. The first kappa shape index (κ1) is 31.1. The van der Waals surface area contributed by atoms with Crippen LogP contribution in [-0.4, -0.2) is 15.0 Å². The third-order valence-electron chi connectivity index (χ3n) is 10.7. The van der Waals surface area contributed by atoms with Crippen molar-refractivity contribution in [2.45, 2.75) is 0 Å². The molecule has 4 heteroatoms. The van der Waals surface area contributed by atoms with Crippen molar-refractivity contribution in [3.8, 4) is 56.4 Å². The third kappa shape index (κ3) is 5.43. The molecular weight excluding hydrogens is 671 g/mol. The molecule has 0 saturated carbocycles. The maximum Gasteiger partial charge on any atom is 0.164 e. The van der Waals surface area contributed by atoms with Gasteiger partial charge in [-0.05, 0) is 85.4 Å². The van der Waals surface area contributed by atoms with E-state index in [1.54, 1.807) is 0 Å². The van der Waals surface area contributed by atoms with Crippen LogP contribution in [0.2, 0.25) is 0 Å². The summed E-state index contributed by atoms with van der Waals surface area (Å²) in [5.41, 5.74) is 8.96. The Morgan fingerprint density at radius 3 is 1.51 bits per heavy atom. The molecule has 0 N–H and O–H groups in total. The van der Waals surface area contributed by atoms with Gasteiger partial charge in [0.15, 0.2) is 17.5 Å². The molecule has 11 rings (SSSR count). The van der Waals surface area contributed by atoms with Gasteiger partial charge >= 0.3 is 0 Å². The van der Waals surface area contributed by atoms with E-state index in [-0.39, 0.29) is 0 Å². The number of rotatable bonds is 5. The highest BCUT2D eigenvalue weighted by atomic mass is 16.3. The van der Waals surface area contributed by atoms with Gasteiger partial charge in [0.05, 0.1) is 0 Å². The molecule has 0 saturated heterocycles. The van der Waals surface area contributed by atoms with E-state index in [2.05, 4.69) is 176 Å². The van der Waals surface area contributed by atoms with Gasteiger partial charge in [0.25, 0.3) is 0 Å². The van der Waals surface area contributed by atoms with Crippen LogP contribution in [0.5, 0.6) is 0 Å². The van der Waals surface area contributed by atoms with Crippen LogP contribution in [0.15, 0.2) is 192 Å². The Kier molecular flexibility index (Phi) is 7.14. The van der Waals surface area contributed by atoms with Gasteiger partial charge in [-0.1, -0.05) is 152 Å². The molecule has 0 fully saturated rings. The molecule has 2 aromatic heterocycles. The molecule has 9 aromatic carbocycles. The summed E-state index contributed by atoms with van der Waals surface area (Å²) < 4.78 is 6.68. The largest absolute Gasteiger partial charge is 0.455 e. The molecule has 4 nitrogen and oxygen atoms in total. The standard InChI is InChI=1S/C51H31N3O/c1-2-12-35(13-3-1)47-43-17-9-8-16-40(43)30-45-44-31-42(26-27-46(44)55-48(45)47)51-53-49(52-50(54-51)41-25-21-33-11-5-7-15-38(33)29-41)36-22-18-34(19-23-36)39-24-20-32-10-4-6-14-37(32)28-39/h1-31H. The fraction of sp³-hybridized carbons (Fsp3) is 0. The number of hydrogen-bond acceptors (Lipinski definition) is 4. The first-order valence-corrected chi connectivity index (χ1v) is 18.5. The van der Waals surface area contributed by atoms with Crippen molar-refractivity contribution in [2.24, 2.45) is 0 Å². The van der Waals surface area contributed by atoms with Gasteiger partial charge in [0.1, 0.15) is 11.2 Å². The maximum absolute atomic E-state index is 6.68. The fourth-order valence-corrected chi connectivity index (χ4v) is 7.88. The highest BCUT2D eigenvalue weighted by Crippen LogP contribution is 2.42. The van der Waals surface area contributed by atoms with E-state index in [9.17, 15) is 0 Å². The van der Waals surface area contributed by atoms with Gasteiger partial charge in [-0.2, -0.15) is 0 Å². The van der Waals surface area contributed by atoms with E-state index >= 15 is 0 Å². The Labute approximate surface area is 317 Å². The monoisotopic (exact) mass is 701 g/mol. The predicted molar refractivity (Wildman–Crippen MR) is 227 cm³/mol. The molecule has 0 unspecified atom stereocenters. The van der Waals surface area contributed by atoms with E-state index < -0.39 is 0 Å². The number of aromatic nitrogens is 3. The first-order chi connectivity index (χ1) is 27.2. The minimum Gasteiger partial charge on any atom is -0.455 e. The van der Waals surface area contributed by atoms with Gasteiger partial charge in [-0.25, -0.2) is 15.0 Å². The SMILES string of the molecule is c1ccc(-c2c3ccccc3cc3c2oc2ccc(-c4nc(-c5ccc(-c6ccc7ccccc7c6)cc5)nc(-c5ccc6ccccc6c5)n4)cc23)cc1. The van der Waals surface area contributed by atoms with Gasteiger partial charge in [-0.3, -0.25) is 0 Å². The predicted octanol–water partition coefficient (Wildman–Crippen LogP) is 13.6. The van der Waals surface area contributed by atoms with Crippen molar-refractivity contribution in [3.63, 3.8) is 0 Å². The Morgan fingerprint density at radius 2 is 0.800 bits per heavy atom. The molecule has 55 heavy (non-hydrogen) atoms. The normalized spacial score (nSPS) is 11.6. The van der Waals surface area contributed by atoms with Crippen LogP contribution in [0, 0.1) is 0 Å². The van der Waals surface area contributed by atoms with E-state index in [0.717, 1.165) is 71.5 Å². The summed E-state index contributed by atoms with van der Waals surface area (Å²) in [5, 5.41) is 9.16. The van der Waals surface area contributed by atoms with E-state index in [1.165, 1.54) is 21.7 Å². The quantitative estimate of drug-likeness (QED) is 0.179. The lowest BCUT2D eigenvalue weighted by molar-refractivity contribution is 0.670. The van der Waals surface area contributed by atoms with Gasteiger partial charge in [-0.15, -0.1) is 0 Å². The smallest absolute Gasteiger partial charge is 0.164 e. The van der Waals surface area contributed by atoms with Crippen LogP contribution in [0.1, 0.15) is 0 Å². The Morgan fingerprint density at radius 1 is 0.291 bits per heavy atom. The molecule has 0 radical (unpaired) electrons. The molecule has 0 aliphatic heterocycles. The van der Waals surface area contributed by atoms with Crippen molar-refractivity contribution in [2.75, 3.05) is 0 Å². The second-order valence-corrected chi connectivity index (χ2v) is 14.0. The van der Waals surface area contributed by atoms with E-state index in [1.807, 2.05) is 12.1 Å². The van der Waals surface area contributed by atoms with Crippen molar-refractivity contribution >= 4 is 54.3 Å². The van der Waals surface area contributed by atoms with Crippen LogP contribution in [0.3, 0.4) is 0 Å². The lowest BCUT2D eigenvalue weighted by Crippen LogP contribution is -2.00. The summed E-state index contributed by atoms with van der Waals surface area (Å²) in [7, 11) is 0. The van der Waals surface area contributed by atoms with Crippen molar-refractivity contribution < 1.29 is 4.42 Å². The number of furan rings is 1. The average Bonchev–Trinajstić information content (AvgIpc) is 3.62. The van der Waals surface area contributed by atoms with Crippen molar-refractivity contribution in [1.82, 2.24) is 15.0 Å². The van der Waals surface area contributed by atoms with Crippen LogP contribution in [0.25, 0.3) is 111 Å². The molecule has 256 valence electrons. The van der Waals surface area contributed by atoms with Gasteiger partial charge < -0.3 is 4.42 Å². The molecule has 0 aliphatic rings. The molecule has 0 amide bonds. The lowest BCUT2D eigenvalue weighted by Gasteiger charge is -2.10. The Hall–Kier alpha value is -7.43.